The lowest BCUT2D eigenvalue weighted by Gasteiger charge is -2.28. The SMILES string of the molecule is COC(C)(C)CC(CO)NCC(F)(F)F. The number of nitrogens with one attached hydrogen (secondary N) is 1. The summed E-state index contributed by atoms with van der Waals surface area (Å²) in [7, 11) is 1.48. The van der Waals surface area contributed by atoms with E-state index >= 15 is 0 Å². The van der Waals surface area contributed by atoms with Crippen molar-refractivity contribution < 1.29 is 23.0 Å². The van der Waals surface area contributed by atoms with Gasteiger partial charge in [0.25, 0.3) is 0 Å². The third-order valence-corrected chi connectivity index (χ3v) is 2.10. The Labute approximate surface area is 87.6 Å². The maximum atomic E-state index is 11.9. The molecule has 0 aromatic rings. The maximum absolute atomic E-state index is 11.9. The highest BCUT2D eigenvalue weighted by atomic mass is 19.4. The van der Waals surface area contributed by atoms with Crippen molar-refractivity contribution in [2.75, 3.05) is 20.3 Å². The van der Waals surface area contributed by atoms with Crippen LogP contribution in [0.15, 0.2) is 0 Å². The van der Waals surface area contributed by atoms with Crippen molar-refractivity contribution in [1.29, 1.82) is 0 Å². The monoisotopic (exact) mass is 229 g/mol. The fraction of sp³-hybridized carbons (Fsp3) is 1.00. The number of alkyl halides is 3. The third kappa shape index (κ3) is 7.58. The van der Waals surface area contributed by atoms with Gasteiger partial charge in [0.05, 0.1) is 18.8 Å². The predicted octanol–water partition coefficient (Wildman–Crippen LogP) is 1.31. The van der Waals surface area contributed by atoms with Gasteiger partial charge in [-0.05, 0) is 20.3 Å². The van der Waals surface area contributed by atoms with Crippen LogP contribution in [-0.2, 0) is 4.74 Å². The summed E-state index contributed by atoms with van der Waals surface area (Å²) in [5, 5.41) is 11.1. The van der Waals surface area contributed by atoms with Gasteiger partial charge in [0, 0.05) is 13.2 Å². The van der Waals surface area contributed by atoms with E-state index in [0.717, 1.165) is 0 Å². The Morgan fingerprint density at radius 1 is 1.33 bits per heavy atom. The molecule has 0 aromatic carbocycles. The molecule has 0 fully saturated rings. The molecule has 0 aromatic heterocycles. The number of aliphatic hydroxyl groups is 1. The summed E-state index contributed by atoms with van der Waals surface area (Å²) in [6, 6.07) is -0.610. The summed E-state index contributed by atoms with van der Waals surface area (Å²) in [6.07, 6.45) is -3.94. The third-order valence-electron chi connectivity index (χ3n) is 2.10. The van der Waals surface area contributed by atoms with E-state index in [4.69, 9.17) is 9.84 Å². The number of rotatable bonds is 6. The molecule has 0 amide bonds. The van der Waals surface area contributed by atoms with Crippen molar-refractivity contribution >= 4 is 0 Å². The highest BCUT2D eigenvalue weighted by Crippen LogP contribution is 2.17. The van der Waals surface area contributed by atoms with Gasteiger partial charge < -0.3 is 15.2 Å². The zero-order valence-corrected chi connectivity index (χ0v) is 9.19. The first kappa shape index (κ1) is 14.7. The van der Waals surface area contributed by atoms with E-state index in [2.05, 4.69) is 5.32 Å². The van der Waals surface area contributed by atoms with E-state index in [1.807, 2.05) is 0 Å². The minimum atomic E-state index is -4.26. The highest BCUT2D eigenvalue weighted by molar-refractivity contribution is 4.78. The van der Waals surface area contributed by atoms with Crippen LogP contribution in [0.1, 0.15) is 20.3 Å². The molecule has 0 radical (unpaired) electrons. The molecule has 0 bridgehead atoms. The minimum absolute atomic E-state index is 0.316. The van der Waals surface area contributed by atoms with Crippen LogP contribution in [0.3, 0.4) is 0 Å². The number of hydrogen-bond donors (Lipinski definition) is 2. The molecule has 0 saturated heterocycles. The van der Waals surface area contributed by atoms with E-state index in [1.165, 1.54) is 7.11 Å². The van der Waals surface area contributed by atoms with Crippen LogP contribution in [0.2, 0.25) is 0 Å². The van der Waals surface area contributed by atoms with Crippen molar-refractivity contribution in [2.24, 2.45) is 0 Å². The number of hydrogen-bond acceptors (Lipinski definition) is 3. The van der Waals surface area contributed by atoms with Gasteiger partial charge in [-0.15, -0.1) is 0 Å². The van der Waals surface area contributed by atoms with Gasteiger partial charge in [0.15, 0.2) is 0 Å². The van der Waals surface area contributed by atoms with Crippen LogP contribution >= 0.6 is 0 Å². The predicted molar refractivity (Wildman–Crippen MR) is 50.6 cm³/mol. The molecule has 0 heterocycles. The standard InChI is InChI=1S/C9H18F3NO2/c1-8(2,15-3)4-7(5-14)13-6-9(10,11)12/h7,13-14H,4-6H2,1-3H3. The maximum Gasteiger partial charge on any atom is 0.401 e. The van der Waals surface area contributed by atoms with Gasteiger partial charge >= 0.3 is 6.18 Å². The summed E-state index contributed by atoms with van der Waals surface area (Å²) >= 11 is 0. The lowest BCUT2D eigenvalue weighted by atomic mass is 9.99. The lowest BCUT2D eigenvalue weighted by molar-refractivity contribution is -0.128. The van der Waals surface area contributed by atoms with Crippen LogP contribution in [0.5, 0.6) is 0 Å². The zero-order chi connectivity index (χ0) is 12.1. The van der Waals surface area contributed by atoms with Crippen molar-refractivity contribution in [3.05, 3.63) is 0 Å². The van der Waals surface area contributed by atoms with E-state index in [-0.39, 0.29) is 6.61 Å². The first-order chi connectivity index (χ1) is 6.70. The van der Waals surface area contributed by atoms with Crippen LogP contribution in [-0.4, -0.2) is 43.2 Å². The molecule has 15 heavy (non-hydrogen) atoms. The normalized spacial score (nSPS) is 15.4. The van der Waals surface area contributed by atoms with Crippen LogP contribution in [0, 0.1) is 0 Å². The van der Waals surface area contributed by atoms with Crippen molar-refractivity contribution in [3.8, 4) is 0 Å². The largest absolute Gasteiger partial charge is 0.401 e. The fourth-order valence-electron chi connectivity index (χ4n) is 1.14. The van der Waals surface area contributed by atoms with Crippen LogP contribution in [0.25, 0.3) is 0 Å². The number of halogens is 3. The van der Waals surface area contributed by atoms with Gasteiger partial charge in [0.1, 0.15) is 0 Å². The second-order valence-electron chi connectivity index (χ2n) is 4.04. The topological polar surface area (TPSA) is 41.5 Å². The average molecular weight is 229 g/mol. The van der Waals surface area contributed by atoms with Crippen molar-refractivity contribution in [2.45, 2.75) is 38.1 Å². The molecule has 2 N–H and O–H groups in total. The zero-order valence-electron chi connectivity index (χ0n) is 9.19. The fourth-order valence-corrected chi connectivity index (χ4v) is 1.14. The van der Waals surface area contributed by atoms with E-state index in [0.29, 0.717) is 6.42 Å². The van der Waals surface area contributed by atoms with Crippen molar-refractivity contribution in [3.63, 3.8) is 0 Å². The molecule has 0 aliphatic rings. The number of aliphatic hydroxyl groups excluding tert-OH is 1. The van der Waals surface area contributed by atoms with Crippen LogP contribution in [0.4, 0.5) is 13.2 Å². The molecule has 0 aliphatic heterocycles. The quantitative estimate of drug-likeness (QED) is 0.721. The van der Waals surface area contributed by atoms with E-state index in [1.54, 1.807) is 13.8 Å². The molecule has 1 atom stereocenters. The summed E-state index contributed by atoms with van der Waals surface area (Å²) in [6.45, 7) is 2.07. The number of methoxy groups -OCH3 is 1. The molecular formula is C9H18F3NO2. The second-order valence-corrected chi connectivity index (χ2v) is 4.04. The Morgan fingerprint density at radius 2 is 1.87 bits per heavy atom. The minimum Gasteiger partial charge on any atom is -0.395 e. The summed E-state index contributed by atoms with van der Waals surface area (Å²) < 4.78 is 40.7. The van der Waals surface area contributed by atoms with Gasteiger partial charge in [-0.1, -0.05) is 0 Å². The molecule has 0 spiro atoms. The molecule has 0 rings (SSSR count). The van der Waals surface area contributed by atoms with E-state index < -0.39 is 24.4 Å². The number of ether oxygens (including phenoxy) is 1. The molecular weight excluding hydrogens is 211 g/mol. The first-order valence-electron chi connectivity index (χ1n) is 4.66. The Balaban J connectivity index is 4.04. The van der Waals surface area contributed by atoms with Crippen molar-refractivity contribution in [1.82, 2.24) is 5.32 Å². The van der Waals surface area contributed by atoms with Gasteiger partial charge in [-0.2, -0.15) is 13.2 Å². The smallest absolute Gasteiger partial charge is 0.395 e. The molecule has 0 saturated carbocycles. The Bertz CT molecular complexity index is 183. The van der Waals surface area contributed by atoms with Crippen LogP contribution < -0.4 is 5.32 Å². The molecule has 92 valence electrons. The Kier molecular flexibility index (Phi) is 5.55. The molecule has 6 heteroatoms. The average Bonchev–Trinajstić information content (AvgIpc) is 2.11. The summed E-state index contributed by atoms with van der Waals surface area (Å²) in [4.78, 5) is 0. The summed E-state index contributed by atoms with van der Waals surface area (Å²) in [5.41, 5.74) is -0.550. The Hall–Kier alpha value is -0.330. The Morgan fingerprint density at radius 3 is 2.20 bits per heavy atom. The van der Waals surface area contributed by atoms with Gasteiger partial charge in [0.2, 0.25) is 0 Å². The first-order valence-corrected chi connectivity index (χ1v) is 4.66. The lowest BCUT2D eigenvalue weighted by Crippen LogP contribution is -2.43. The second kappa shape index (κ2) is 5.67. The van der Waals surface area contributed by atoms with Gasteiger partial charge in [-0.25, -0.2) is 0 Å². The molecule has 3 nitrogen and oxygen atoms in total. The summed E-state index contributed by atoms with van der Waals surface area (Å²) in [5.74, 6) is 0. The van der Waals surface area contributed by atoms with Gasteiger partial charge in [-0.3, -0.25) is 0 Å². The highest BCUT2D eigenvalue weighted by Gasteiger charge is 2.29. The molecule has 0 aliphatic carbocycles. The molecule has 1 unspecified atom stereocenters. The van der Waals surface area contributed by atoms with E-state index in [9.17, 15) is 13.2 Å².